The van der Waals surface area contributed by atoms with Crippen LogP contribution in [-0.2, 0) is 27.9 Å². The van der Waals surface area contributed by atoms with E-state index in [1.807, 2.05) is 41.8 Å². The predicted octanol–water partition coefficient (Wildman–Crippen LogP) is 2.29. The topological polar surface area (TPSA) is 100 Å². The predicted molar refractivity (Wildman–Crippen MR) is 114 cm³/mol. The third kappa shape index (κ3) is 5.40. The van der Waals surface area contributed by atoms with Crippen molar-refractivity contribution in [1.82, 2.24) is 24.4 Å². The van der Waals surface area contributed by atoms with E-state index in [0.717, 1.165) is 5.56 Å². The van der Waals surface area contributed by atoms with E-state index in [4.69, 9.17) is 12.2 Å². The number of hydrogen-bond donors (Lipinski definition) is 2. The molecule has 1 amide bonds. The Morgan fingerprint density at radius 3 is 2.66 bits per heavy atom. The molecule has 1 aliphatic rings. The highest BCUT2D eigenvalue weighted by Gasteiger charge is 2.30. The lowest BCUT2D eigenvalue weighted by Gasteiger charge is -2.29. The van der Waals surface area contributed by atoms with Crippen LogP contribution in [0.2, 0.25) is 0 Å². The molecule has 1 saturated heterocycles. The molecule has 0 radical (unpaired) electrons. The highest BCUT2D eigenvalue weighted by molar-refractivity contribution is 7.92. The number of nitrogens with zero attached hydrogens (tertiary/aromatic N) is 3. The number of piperidine rings is 1. The number of nitrogens with one attached hydrogen (secondary N) is 2. The van der Waals surface area contributed by atoms with E-state index < -0.39 is 10.0 Å². The van der Waals surface area contributed by atoms with E-state index in [1.54, 1.807) is 6.08 Å². The molecule has 156 valence electrons. The van der Waals surface area contributed by atoms with Gasteiger partial charge in [0.15, 0.2) is 10.6 Å². The van der Waals surface area contributed by atoms with Gasteiger partial charge in [0, 0.05) is 31.0 Å². The summed E-state index contributed by atoms with van der Waals surface area (Å²) in [6, 6.07) is 9.29. The number of aromatic amines is 1. The van der Waals surface area contributed by atoms with Crippen LogP contribution in [0.1, 0.15) is 31.2 Å². The van der Waals surface area contributed by atoms with E-state index in [2.05, 4.69) is 15.5 Å². The number of carbonyl (C=O) groups excluding carboxylic acids is 1. The van der Waals surface area contributed by atoms with Crippen LogP contribution in [0.4, 0.5) is 0 Å². The molecule has 2 N–H and O–H groups in total. The monoisotopic (exact) mass is 435 g/mol. The average Bonchev–Trinajstić information content (AvgIpc) is 3.11. The van der Waals surface area contributed by atoms with Crippen LogP contribution in [0.25, 0.3) is 6.08 Å². The summed E-state index contributed by atoms with van der Waals surface area (Å²) in [4.78, 5) is 12.5. The lowest BCUT2D eigenvalue weighted by Crippen LogP contribution is -2.42. The van der Waals surface area contributed by atoms with Gasteiger partial charge in [-0.05, 0) is 43.6 Å². The second kappa shape index (κ2) is 9.47. The van der Waals surface area contributed by atoms with E-state index in [0.29, 0.717) is 43.1 Å². The molecule has 0 aliphatic carbocycles. The van der Waals surface area contributed by atoms with Gasteiger partial charge in [0.1, 0.15) is 0 Å². The van der Waals surface area contributed by atoms with E-state index in [1.165, 1.54) is 9.71 Å². The number of sulfonamides is 1. The van der Waals surface area contributed by atoms with Crippen molar-refractivity contribution in [3.05, 3.63) is 51.9 Å². The van der Waals surface area contributed by atoms with E-state index in [9.17, 15) is 13.2 Å². The summed E-state index contributed by atoms with van der Waals surface area (Å²) in [5.41, 5.74) is 0.829. The molecule has 1 aromatic carbocycles. The molecule has 29 heavy (non-hydrogen) atoms. The molecular formula is C19H25N5O3S2. The number of carbonyl (C=O) groups is 1. The Morgan fingerprint density at radius 1 is 1.31 bits per heavy atom. The van der Waals surface area contributed by atoms with Gasteiger partial charge >= 0.3 is 0 Å². The molecular weight excluding hydrogens is 410 g/mol. The lowest BCUT2D eigenvalue weighted by molar-refractivity contribution is -0.126. The van der Waals surface area contributed by atoms with Crippen LogP contribution in [0.15, 0.2) is 35.7 Å². The fourth-order valence-corrected chi connectivity index (χ4v) is 4.81. The van der Waals surface area contributed by atoms with Crippen LogP contribution in [0, 0.1) is 10.7 Å². The maximum absolute atomic E-state index is 12.5. The molecule has 0 saturated carbocycles. The number of H-pyrrole nitrogens is 1. The fourth-order valence-electron chi connectivity index (χ4n) is 3.31. The molecule has 2 heterocycles. The molecule has 10 heteroatoms. The first-order chi connectivity index (χ1) is 13.9. The number of hydrogen-bond acceptors (Lipinski definition) is 5. The zero-order chi connectivity index (χ0) is 20.9. The van der Waals surface area contributed by atoms with Gasteiger partial charge in [-0.3, -0.25) is 9.89 Å². The molecule has 0 unspecified atom stereocenters. The van der Waals surface area contributed by atoms with Crippen LogP contribution < -0.4 is 5.32 Å². The van der Waals surface area contributed by atoms with Gasteiger partial charge in [0.25, 0.3) is 0 Å². The van der Waals surface area contributed by atoms with Gasteiger partial charge in [-0.2, -0.15) is 9.40 Å². The smallest absolute Gasteiger partial charge is 0.236 e. The summed E-state index contributed by atoms with van der Waals surface area (Å²) in [5.74, 6) is 0.381. The van der Waals surface area contributed by atoms with Gasteiger partial charge in [-0.1, -0.05) is 30.3 Å². The first kappa shape index (κ1) is 21.4. The standard InChI is InChI=1S/C19H25N5O3S2/c1-2-24-17(21-22-19(24)28)14-20-18(25)16-8-11-23(12-9-16)29(26,27)13-10-15-6-4-3-5-7-15/h3-7,10,13,16H,2,8-9,11-12,14H2,1H3,(H,20,25)(H,22,28)/b13-10+. The van der Waals surface area contributed by atoms with Crippen LogP contribution >= 0.6 is 12.2 Å². The van der Waals surface area contributed by atoms with Crippen molar-refractivity contribution in [2.24, 2.45) is 5.92 Å². The Hall–Kier alpha value is -2.30. The molecule has 3 rings (SSSR count). The first-order valence-electron chi connectivity index (χ1n) is 9.56. The molecule has 2 aromatic rings. The van der Waals surface area contributed by atoms with Crippen molar-refractivity contribution < 1.29 is 13.2 Å². The highest BCUT2D eigenvalue weighted by Crippen LogP contribution is 2.21. The van der Waals surface area contributed by atoms with Crippen molar-refractivity contribution in [3.63, 3.8) is 0 Å². The zero-order valence-corrected chi connectivity index (χ0v) is 17.9. The Kier molecular flexibility index (Phi) is 6.99. The maximum atomic E-state index is 12.5. The molecule has 1 aromatic heterocycles. The van der Waals surface area contributed by atoms with Gasteiger partial charge in [0.2, 0.25) is 15.9 Å². The molecule has 8 nitrogen and oxygen atoms in total. The summed E-state index contributed by atoms with van der Waals surface area (Å²) < 4.78 is 28.8. The minimum Gasteiger partial charge on any atom is -0.349 e. The molecule has 1 aliphatic heterocycles. The van der Waals surface area contributed by atoms with Crippen molar-refractivity contribution in [3.8, 4) is 0 Å². The zero-order valence-electron chi connectivity index (χ0n) is 16.2. The Morgan fingerprint density at radius 2 is 2.00 bits per heavy atom. The van der Waals surface area contributed by atoms with Gasteiger partial charge < -0.3 is 9.88 Å². The normalized spacial score (nSPS) is 16.3. The molecule has 0 spiro atoms. The van der Waals surface area contributed by atoms with Gasteiger partial charge in [-0.15, -0.1) is 0 Å². The van der Waals surface area contributed by atoms with Crippen LogP contribution in [0.5, 0.6) is 0 Å². The third-order valence-corrected chi connectivity index (χ3v) is 6.87. The largest absolute Gasteiger partial charge is 0.349 e. The van der Waals surface area contributed by atoms with Crippen molar-refractivity contribution >= 4 is 34.2 Å². The number of aromatic nitrogens is 3. The van der Waals surface area contributed by atoms with Crippen LogP contribution in [0.3, 0.4) is 0 Å². The summed E-state index contributed by atoms with van der Waals surface area (Å²) in [6.07, 6.45) is 2.57. The van der Waals surface area contributed by atoms with Crippen LogP contribution in [-0.4, -0.2) is 46.5 Å². The van der Waals surface area contributed by atoms with Crippen molar-refractivity contribution in [2.45, 2.75) is 32.9 Å². The molecule has 1 fully saturated rings. The highest BCUT2D eigenvalue weighted by atomic mass is 32.2. The van der Waals surface area contributed by atoms with Crippen molar-refractivity contribution in [2.75, 3.05) is 13.1 Å². The quantitative estimate of drug-likeness (QED) is 0.650. The summed E-state index contributed by atoms with van der Waals surface area (Å²) in [7, 11) is -3.50. The Balaban J connectivity index is 1.52. The van der Waals surface area contributed by atoms with E-state index >= 15 is 0 Å². The Labute approximate surface area is 175 Å². The van der Waals surface area contributed by atoms with Crippen molar-refractivity contribution in [1.29, 1.82) is 0 Å². The maximum Gasteiger partial charge on any atom is 0.236 e. The second-order valence-corrected chi connectivity index (χ2v) is 9.04. The molecule has 0 atom stereocenters. The molecule has 0 bridgehead atoms. The number of amides is 1. The third-order valence-electron chi connectivity index (χ3n) is 4.99. The summed E-state index contributed by atoms with van der Waals surface area (Å²) >= 11 is 5.14. The summed E-state index contributed by atoms with van der Waals surface area (Å²) in [5, 5.41) is 11.0. The van der Waals surface area contributed by atoms with Gasteiger partial charge in [0.05, 0.1) is 6.54 Å². The Bertz CT molecular complexity index is 1020. The lowest BCUT2D eigenvalue weighted by atomic mass is 9.97. The average molecular weight is 436 g/mol. The first-order valence-corrected chi connectivity index (χ1v) is 11.5. The summed E-state index contributed by atoms with van der Waals surface area (Å²) in [6.45, 7) is 3.57. The SMILES string of the molecule is CCn1c(CNC(=O)C2CCN(S(=O)(=O)/C=C/c3ccccc3)CC2)n[nH]c1=S. The van der Waals surface area contributed by atoms with E-state index in [-0.39, 0.29) is 18.4 Å². The number of rotatable bonds is 7. The fraction of sp³-hybridized carbons (Fsp3) is 0.421. The minimum atomic E-state index is -3.50. The van der Waals surface area contributed by atoms with Gasteiger partial charge in [-0.25, -0.2) is 8.42 Å². The second-order valence-electron chi connectivity index (χ2n) is 6.84. The minimum absolute atomic E-state index is 0.0848. The number of benzene rings is 1.